The third-order valence-electron chi connectivity index (χ3n) is 9.74. The van der Waals surface area contributed by atoms with E-state index in [1.54, 1.807) is 0 Å². The Kier molecular flexibility index (Phi) is 29.8. The second kappa shape index (κ2) is 30.5. The first kappa shape index (κ1) is 48.8. The number of nitriles is 4. The molecule has 1 aromatic carbocycles. The van der Waals surface area contributed by atoms with Gasteiger partial charge in [0.05, 0.1) is 98.9 Å². The van der Waals surface area contributed by atoms with Crippen molar-refractivity contribution in [1.82, 2.24) is 0 Å². The summed E-state index contributed by atoms with van der Waals surface area (Å²) in [7, 11) is 0. The van der Waals surface area contributed by atoms with E-state index in [1.165, 1.54) is 188 Å². The van der Waals surface area contributed by atoms with Crippen molar-refractivity contribution in [3.8, 4) is 35.8 Å². The molecule has 1 rings (SSSR count). The van der Waals surface area contributed by atoms with Gasteiger partial charge in [-0.15, -0.1) is 0 Å². The average molecular weight is 693 g/mol. The van der Waals surface area contributed by atoms with Gasteiger partial charge in [-0.3, -0.25) is 0 Å². The predicted molar refractivity (Wildman–Crippen MR) is 203 cm³/mol. The van der Waals surface area contributed by atoms with Gasteiger partial charge in [-0.05, 0) is 51.4 Å². The molecule has 8 heteroatoms. The van der Waals surface area contributed by atoms with Crippen molar-refractivity contribution in [1.29, 1.82) is 21.0 Å². The van der Waals surface area contributed by atoms with Crippen molar-refractivity contribution < 1.29 is 19.2 Å². The maximum absolute atomic E-state index is 11.5. The molecule has 0 spiro atoms. The molecular weight excluding hydrogens is 621 g/mol. The highest BCUT2D eigenvalue weighted by molar-refractivity contribution is 5.71. The minimum atomic E-state index is -1.06. The number of benzene rings is 1. The highest BCUT2D eigenvalue weighted by Crippen LogP contribution is 2.32. The molecule has 0 fully saturated rings. The Morgan fingerprint density at radius 2 is 0.480 bits per heavy atom. The third-order valence-corrected chi connectivity index (χ3v) is 9.74. The zero-order chi connectivity index (χ0) is 38.3. The lowest BCUT2D eigenvalue weighted by Gasteiger charge is -2.39. The van der Waals surface area contributed by atoms with Gasteiger partial charge >= 0.3 is 0 Å². The molecule has 282 valence electrons. The maximum atomic E-state index is 11.5. The summed E-state index contributed by atoms with van der Waals surface area (Å²) in [6.45, 7) is 30.0. The monoisotopic (exact) mass is 693 g/mol. The van der Waals surface area contributed by atoms with Crippen molar-refractivity contribution >= 4 is 0 Å². The first-order chi connectivity index (χ1) is 24.1. The highest BCUT2D eigenvalue weighted by atomic mass is 16.3. The molecule has 0 N–H and O–H groups in total. The summed E-state index contributed by atoms with van der Waals surface area (Å²) in [5.74, 6) is -2.12. The van der Waals surface area contributed by atoms with E-state index < -0.39 is 33.8 Å². The van der Waals surface area contributed by atoms with E-state index in [4.69, 9.17) is 21.0 Å². The molecule has 8 nitrogen and oxygen atoms in total. The van der Waals surface area contributed by atoms with E-state index in [0.29, 0.717) is 0 Å². The first-order valence-electron chi connectivity index (χ1n) is 20.0. The van der Waals surface area contributed by atoms with Gasteiger partial charge in [-0.25, -0.2) is 0 Å². The van der Waals surface area contributed by atoms with Crippen LogP contribution < -0.4 is 10.2 Å². The minimum Gasteiger partial charge on any atom is -0.871 e. The van der Waals surface area contributed by atoms with Crippen LogP contribution in [0.2, 0.25) is 0 Å². The summed E-state index contributed by atoms with van der Waals surface area (Å²) in [5, 5.41) is 57.3. The fourth-order valence-electron chi connectivity index (χ4n) is 6.42. The van der Waals surface area contributed by atoms with Gasteiger partial charge in [0, 0.05) is 0 Å². The Labute approximate surface area is 308 Å². The minimum absolute atomic E-state index is 0.692. The van der Waals surface area contributed by atoms with Crippen molar-refractivity contribution in [3.63, 3.8) is 0 Å². The van der Waals surface area contributed by atoms with Gasteiger partial charge in [-0.2, -0.15) is 21.0 Å². The summed E-state index contributed by atoms with van der Waals surface area (Å²) < 4.78 is 2.84. The summed E-state index contributed by atoms with van der Waals surface area (Å²) in [6.07, 6.45) is 22.1. The number of unbranched alkanes of at least 4 members (excludes halogenated alkanes) is 8. The summed E-state index contributed by atoms with van der Waals surface area (Å²) in [4.78, 5) is 0. The average Bonchev–Trinajstić information content (AvgIpc) is 3.14. The van der Waals surface area contributed by atoms with Gasteiger partial charge < -0.3 is 19.2 Å². The van der Waals surface area contributed by atoms with Crippen LogP contribution in [0.3, 0.4) is 0 Å². The van der Waals surface area contributed by atoms with Crippen LogP contribution in [0.25, 0.3) is 0 Å². The molecule has 0 saturated carbocycles. The van der Waals surface area contributed by atoms with Crippen LogP contribution >= 0.6 is 0 Å². The first-order valence-corrected chi connectivity index (χ1v) is 20.0. The molecule has 0 saturated heterocycles. The fourth-order valence-corrected chi connectivity index (χ4v) is 6.42. The Morgan fingerprint density at radius 3 is 0.580 bits per heavy atom. The Balaban J connectivity index is 0. The predicted octanol–water partition coefficient (Wildman–Crippen LogP) is 9.33. The van der Waals surface area contributed by atoms with E-state index >= 15 is 0 Å². The Hall–Kier alpha value is -3.30. The van der Waals surface area contributed by atoms with Crippen LogP contribution in [0.1, 0.15) is 180 Å². The quantitative estimate of drug-likeness (QED) is 0.0989. The van der Waals surface area contributed by atoms with Crippen LogP contribution in [0, 0.1) is 45.3 Å². The smallest absolute Gasteiger partial charge is 0.0999 e. The zero-order valence-electron chi connectivity index (χ0n) is 33.5. The van der Waals surface area contributed by atoms with E-state index in [-0.39, 0.29) is 0 Å². The van der Waals surface area contributed by atoms with Gasteiger partial charge in [-0.1, -0.05) is 118 Å². The van der Waals surface area contributed by atoms with Gasteiger partial charge in [0.1, 0.15) is 0 Å². The van der Waals surface area contributed by atoms with Gasteiger partial charge in [0.25, 0.3) is 0 Å². The summed E-state index contributed by atoms with van der Waals surface area (Å²) in [6, 6.07) is 5.54. The largest absolute Gasteiger partial charge is 0.871 e. The molecule has 0 bridgehead atoms. The number of nitrogens with zero attached hydrogens (tertiary/aromatic N) is 6. The summed E-state index contributed by atoms with van der Waals surface area (Å²) >= 11 is 0. The SMILES string of the molecule is CCCC[N+](CCCC)(CCCC)CCCC.CCCC[N+](CCCC)(CCCC)CCCC.N#Cc1c([O-])c(C#N)c(C#N)c([O-])c1C#N. The number of hydrogen-bond donors (Lipinski definition) is 0. The molecule has 1 aromatic rings. The molecule has 0 amide bonds. The van der Waals surface area contributed by atoms with Gasteiger partial charge in [0.2, 0.25) is 0 Å². The molecule has 0 aliphatic heterocycles. The molecule has 0 aliphatic carbocycles. The number of rotatable bonds is 24. The fraction of sp³-hybridized carbons (Fsp3) is 0.762. The lowest BCUT2D eigenvalue weighted by atomic mass is 9.97. The van der Waals surface area contributed by atoms with E-state index in [2.05, 4.69) is 55.4 Å². The van der Waals surface area contributed by atoms with Crippen LogP contribution in [0.15, 0.2) is 0 Å². The van der Waals surface area contributed by atoms with Crippen molar-refractivity contribution in [2.24, 2.45) is 0 Å². The molecule has 0 aromatic heterocycles. The molecule has 0 unspecified atom stereocenters. The van der Waals surface area contributed by atoms with Crippen molar-refractivity contribution in [2.75, 3.05) is 52.4 Å². The molecule has 0 aliphatic rings. The van der Waals surface area contributed by atoms with E-state index in [9.17, 15) is 10.2 Å². The maximum Gasteiger partial charge on any atom is 0.0999 e. The number of quaternary nitrogens is 2. The third kappa shape index (κ3) is 18.1. The standard InChI is InChI=1S/2C16H36N.C10H2N4O2/c2*1-5-9-13-17(14-10-6-2,15-11-7-3)16-12-8-4;11-1-5-6(2-12)10(16)8(4-14)7(3-13)9(5)15/h2*5-16H2,1-4H3;15-16H/q2*+1;/p-2. The molecule has 50 heavy (non-hydrogen) atoms. The van der Waals surface area contributed by atoms with Crippen LogP contribution in [-0.4, -0.2) is 61.3 Å². The second-order valence-corrected chi connectivity index (χ2v) is 13.9. The molecule has 0 radical (unpaired) electrons. The van der Waals surface area contributed by atoms with Gasteiger partial charge in [0.15, 0.2) is 0 Å². The van der Waals surface area contributed by atoms with Crippen LogP contribution in [-0.2, 0) is 0 Å². The lowest BCUT2D eigenvalue weighted by molar-refractivity contribution is -0.929. The van der Waals surface area contributed by atoms with E-state index in [1.807, 2.05) is 0 Å². The topological polar surface area (TPSA) is 141 Å². The van der Waals surface area contributed by atoms with Crippen molar-refractivity contribution in [2.45, 2.75) is 158 Å². The Bertz CT molecular complexity index is 980. The normalized spacial score (nSPS) is 10.8. The Morgan fingerprint density at radius 1 is 0.340 bits per heavy atom. The number of hydrogen-bond acceptors (Lipinski definition) is 6. The molecule has 0 atom stereocenters. The molecule has 0 heterocycles. The van der Waals surface area contributed by atoms with Crippen LogP contribution in [0.5, 0.6) is 11.5 Å². The second-order valence-electron chi connectivity index (χ2n) is 13.9. The van der Waals surface area contributed by atoms with E-state index in [0.717, 1.165) is 0 Å². The molecular formula is C42H72N6O2. The van der Waals surface area contributed by atoms with Crippen molar-refractivity contribution in [3.05, 3.63) is 22.3 Å². The highest BCUT2D eigenvalue weighted by Gasteiger charge is 2.26. The lowest BCUT2D eigenvalue weighted by Crippen LogP contribution is -2.50. The zero-order valence-corrected chi connectivity index (χ0v) is 33.5. The van der Waals surface area contributed by atoms with Crippen LogP contribution in [0.4, 0.5) is 0 Å². The summed E-state index contributed by atoms with van der Waals surface area (Å²) in [5.41, 5.74) is -2.77.